The van der Waals surface area contributed by atoms with Crippen molar-refractivity contribution in [1.29, 1.82) is 0 Å². The maximum atomic E-state index is 14.1. The molecule has 9 heteroatoms. The Bertz CT molecular complexity index is 1390. The van der Waals surface area contributed by atoms with E-state index in [9.17, 15) is 9.59 Å². The summed E-state index contributed by atoms with van der Waals surface area (Å²) in [5.74, 6) is 0.890. The zero-order chi connectivity index (χ0) is 26.6. The summed E-state index contributed by atoms with van der Waals surface area (Å²) in [5, 5.41) is 11.4. The highest BCUT2D eigenvalue weighted by molar-refractivity contribution is 6.01. The van der Waals surface area contributed by atoms with Gasteiger partial charge in [-0.1, -0.05) is 30.3 Å². The number of fused-ring (bicyclic) bond motifs is 1. The first-order valence-corrected chi connectivity index (χ1v) is 12.4. The van der Waals surface area contributed by atoms with Crippen LogP contribution in [0.2, 0.25) is 0 Å². The number of rotatable bonds is 10. The molecule has 0 aliphatic carbocycles. The lowest BCUT2D eigenvalue weighted by atomic mass is 10.0. The van der Waals surface area contributed by atoms with Crippen molar-refractivity contribution in [3.05, 3.63) is 72.2 Å². The molecule has 0 aliphatic heterocycles. The van der Waals surface area contributed by atoms with Gasteiger partial charge in [-0.2, -0.15) is 0 Å². The predicted octanol–water partition coefficient (Wildman–Crippen LogP) is 4.81. The Hall–Kier alpha value is -4.14. The van der Waals surface area contributed by atoms with Crippen molar-refractivity contribution in [2.24, 2.45) is 0 Å². The lowest BCUT2D eigenvalue weighted by Crippen LogP contribution is -2.51. The number of para-hydroxylation sites is 1. The Morgan fingerprint density at radius 2 is 1.89 bits per heavy atom. The molecule has 0 saturated heterocycles. The standard InChI is InChI=1S/C28H33N5O4/c1-6-28(4,5)29-27(35)26(24-16-15-19(3)37-24)33(20-11-10-12-21(17-20)36-7-2)25(34)18-32-23-14-9-8-13-22(23)30-31-32/h8-17,26H,6-7,18H2,1-5H3,(H,29,35). The van der Waals surface area contributed by atoms with Gasteiger partial charge in [0.2, 0.25) is 5.91 Å². The molecular formula is C28H33N5O4. The number of benzene rings is 2. The van der Waals surface area contributed by atoms with Crippen LogP contribution in [0.1, 0.15) is 51.7 Å². The van der Waals surface area contributed by atoms with Crippen molar-refractivity contribution in [2.75, 3.05) is 11.5 Å². The molecule has 0 bridgehead atoms. The second-order valence-corrected chi connectivity index (χ2v) is 9.51. The van der Waals surface area contributed by atoms with Gasteiger partial charge in [0.1, 0.15) is 29.3 Å². The van der Waals surface area contributed by atoms with Gasteiger partial charge in [-0.25, -0.2) is 4.68 Å². The lowest BCUT2D eigenvalue weighted by molar-refractivity contribution is -0.128. The Morgan fingerprint density at radius 3 is 2.59 bits per heavy atom. The van der Waals surface area contributed by atoms with Gasteiger partial charge < -0.3 is 14.5 Å². The van der Waals surface area contributed by atoms with E-state index in [4.69, 9.17) is 9.15 Å². The maximum Gasteiger partial charge on any atom is 0.251 e. The average molecular weight is 504 g/mol. The molecule has 2 aromatic carbocycles. The zero-order valence-electron chi connectivity index (χ0n) is 21.9. The van der Waals surface area contributed by atoms with Crippen LogP contribution in [0.15, 0.2) is 65.1 Å². The molecular weight excluding hydrogens is 470 g/mol. The van der Waals surface area contributed by atoms with E-state index in [-0.39, 0.29) is 18.4 Å². The van der Waals surface area contributed by atoms with E-state index in [0.29, 0.717) is 41.5 Å². The highest BCUT2D eigenvalue weighted by atomic mass is 16.5. The van der Waals surface area contributed by atoms with Crippen LogP contribution in [0.25, 0.3) is 11.0 Å². The van der Waals surface area contributed by atoms with Crippen LogP contribution in [-0.4, -0.2) is 39.0 Å². The number of furan rings is 1. The van der Waals surface area contributed by atoms with Gasteiger partial charge in [0.15, 0.2) is 6.04 Å². The molecule has 2 amide bonds. The highest BCUT2D eigenvalue weighted by Gasteiger charge is 2.37. The van der Waals surface area contributed by atoms with E-state index in [1.807, 2.05) is 58.0 Å². The number of amides is 2. The smallest absolute Gasteiger partial charge is 0.251 e. The number of nitrogens with zero attached hydrogens (tertiary/aromatic N) is 4. The second-order valence-electron chi connectivity index (χ2n) is 9.51. The van der Waals surface area contributed by atoms with Gasteiger partial charge in [-0.15, -0.1) is 5.10 Å². The molecule has 4 rings (SSSR count). The molecule has 2 aromatic heterocycles. The minimum Gasteiger partial charge on any atom is -0.494 e. The zero-order valence-corrected chi connectivity index (χ0v) is 21.9. The molecule has 2 heterocycles. The molecule has 0 radical (unpaired) electrons. The summed E-state index contributed by atoms with van der Waals surface area (Å²) in [6.07, 6.45) is 0.710. The Balaban J connectivity index is 1.82. The van der Waals surface area contributed by atoms with E-state index < -0.39 is 11.6 Å². The van der Waals surface area contributed by atoms with Crippen molar-refractivity contribution in [1.82, 2.24) is 20.3 Å². The van der Waals surface area contributed by atoms with E-state index in [2.05, 4.69) is 15.6 Å². The topological polar surface area (TPSA) is 102 Å². The molecule has 1 atom stereocenters. The first kappa shape index (κ1) is 25.9. The van der Waals surface area contributed by atoms with E-state index in [1.165, 1.54) is 9.58 Å². The summed E-state index contributed by atoms with van der Waals surface area (Å²) in [7, 11) is 0. The molecule has 0 aliphatic rings. The number of nitrogens with one attached hydrogen (secondary N) is 1. The van der Waals surface area contributed by atoms with Crippen LogP contribution in [0, 0.1) is 6.92 Å². The minimum atomic E-state index is -1.06. The largest absolute Gasteiger partial charge is 0.494 e. The summed E-state index contributed by atoms with van der Waals surface area (Å²) >= 11 is 0. The number of carbonyl (C=O) groups is 2. The van der Waals surface area contributed by atoms with Crippen LogP contribution in [0.4, 0.5) is 5.69 Å². The number of hydrogen-bond donors (Lipinski definition) is 1. The molecule has 0 saturated carbocycles. The van der Waals surface area contributed by atoms with Gasteiger partial charge in [0.25, 0.3) is 5.91 Å². The van der Waals surface area contributed by atoms with Crippen LogP contribution in [0.3, 0.4) is 0 Å². The maximum absolute atomic E-state index is 14.1. The van der Waals surface area contributed by atoms with Gasteiger partial charge in [0, 0.05) is 17.3 Å². The summed E-state index contributed by atoms with van der Waals surface area (Å²) in [6.45, 7) is 9.92. The van der Waals surface area contributed by atoms with E-state index >= 15 is 0 Å². The number of carbonyl (C=O) groups excluding carboxylic acids is 2. The summed E-state index contributed by atoms with van der Waals surface area (Å²) in [6, 6.07) is 17.0. The number of anilines is 1. The molecule has 37 heavy (non-hydrogen) atoms. The third kappa shape index (κ3) is 5.82. The third-order valence-corrected chi connectivity index (χ3v) is 6.26. The van der Waals surface area contributed by atoms with Gasteiger partial charge >= 0.3 is 0 Å². The Labute approximate surface area is 216 Å². The molecule has 1 unspecified atom stereocenters. The molecule has 1 N–H and O–H groups in total. The minimum absolute atomic E-state index is 0.125. The molecule has 4 aromatic rings. The Morgan fingerprint density at radius 1 is 1.11 bits per heavy atom. The SMILES string of the molecule is CCOc1cccc(N(C(=O)Cn2nnc3ccccc32)C(C(=O)NC(C)(C)CC)c2ccc(C)o2)c1. The Kier molecular flexibility index (Phi) is 7.61. The average Bonchev–Trinajstić information content (AvgIpc) is 3.48. The first-order chi connectivity index (χ1) is 17.7. The quantitative estimate of drug-likeness (QED) is 0.333. The fourth-order valence-corrected chi connectivity index (χ4v) is 4.03. The lowest BCUT2D eigenvalue weighted by Gasteiger charge is -2.33. The van der Waals surface area contributed by atoms with Gasteiger partial charge in [0.05, 0.1) is 12.1 Å². The van der Waals surface area contributed by atoms with Crippen LogP contribution in [-0.2, 0) is 16.1 Å². The first-order valence-electron chi connectivity index (χ1n) is 12.4. The molecule has 0 spiro atoms. The van der Waals surface area contributed by atoms with Gasteiger partial charge in [-0.3, -0.25) is 14.5 Å². The molecule has 194 valence electrons. The van der Waals surface area contributed by atoms with Crippen molar-refractivity contribution in [3.8, 4) is 5.75 Å². The second kappa shape index (κ2) is 10.9. The summed E-state index contributed by atoms with van der Waals surface area (Å²) < 4.78 is 13.2. The van der Waals surface area contributed by atoms with Crippen molar-refractivity contribution in [3.63, 3.8) is 0 Å². The number of ether oxygens (including phenoxy) is 1. The van der Waals surface area contributed by atoms with Crippen LogP contribution >= 0.6 is 0 Å². The molecule has 0 fully saturated rings. The van der Waals surface area contributed by atoms with Gasteiger partial charge in [-0.05, 0) is 70.5 Å². The molecule has 9 nitrogen and oxygen atoms in total. The van der Waals surface area contributed by atoms with Crippen molar-refractivity contribution >= 4 is 28.5 Å². The van der Waals surface area contributed by atoms with Crippen molar-refractivity contribution in [2.45, 2.75) is 59.2 Å². The number of aromatic nitrogens is 3. The van der Waals surface area contributed by atoms with E-state index in [0.717, 1.165) is 5.52 Å². The highest BCUT2D eigenvalue weighted by Crippen LogP contribution is 2.32. The fraction of sp³-hybridized carbons (Fsp3) is 0.357. The normalized spacial score (nSPS) is 12.4. The summed E-state index contributed by atoms with van der Waals surface area (Å²) in [5.41, 5.74) is 1.42. The summed E-state index contributed by atoms with van der Waals surface area (Å²) in [4.78, 5) is 29.4. The van der Waals surface area contributed by atoms with Crippen molar-refractivity contribution < 1.29 is 18.7 Å². The fourth-order valence-electron chi connectivity index (χ4n) is 4.03. The predicted molar refractivity (Wildman–Crippen MR) is 141 cm³/mol. The van der Waals surface area contributed by atoms with E-state index in [1.54, 1.807) is 37.3 Å². The van der Waals surface area contributed by atoms with Crippen LogP contribution < -0.4 is 15.0 Å². The third-order valence-electron chi connectivity index (χ3n) is 6.26. The monoisotopic (exact) mass is 503 g/mol. The van der Waals surface area contributed by atoms with Crippen LogP contribution in [0.5, 0.6) is 5.75 Å². The number of hydrogen-bond acceptors (Lipinski definition) is 6. The number of aryl methyl sites for hydroxylation is 1.